The quantitative estimate of drug-likeness (QED) is 0.588. The highest BCUT2D eigenvalue weighted by Gasteiger charge is 2.39. The summed E-state index contributed by atoms with van der Waals surface area (Å²) in [5.74, 6) is 0. The molecule has 0 aromatic heterocycles. The average molecular weight is 168 g/mol. The van der Waals surface area contributed by atoms with Gasteiger partial charge in [0.05, 0.1) is 12.2 Å². The van der Waals surface area contributed by atoms with Crippen LogP contribution in [0.25, 0.3) is 0 Å². The first-order valence-corrected chi connectivity index (χ1v) is 5.21. The van der Waals surface area contributed by atoms with E-state index in [1.54, 1.807) is 0 Å². The Morgan fingerprint density at radius 2 is 1.75 bits per heavy atom. The standard InChI is InChI=1S/C9H17BO2/c1-2-7-10-11-8-5-3-4-6-9(8)12-10/h8-9H,2-7H2,1H3. The fourth-order valence-corrected chi connectivity index (χ4v) is 2.17. The Labute approximate surface area is 74.8 Å². The van der Waals surface area contributed by atoms with Gasteiger partial charge < -0.3 is 9.31 Å². The molecule has 1 aliphatic carbocycles. The average Bonchev–Trinajstić information content (AvgIpc) is 2.47. The van der Waals surface area contributed by atoms with E-state index in [2.05, 4.69) is 6.92 Å². The lowest BCUT2D eigenvalue weighted by molar-refractivity contribution is 0.110. The van der Waals surface area contributed by atoms with Crippen LogP contribution in [-0.4, -0.2) is 19.3 Å². The van der Waals surface area contributed by atoms with Crippen LogP contribution >= 0.6 is 0 Å². The molecule has 0 spiro atoms. The van der Waals surface area contributed by atoms with E-state index in [4.69, 9.17) is 9.31 Å². The maximum Gasteiger partial charge on any atom is 0.457 e. The fourth-order valence-electron chi connectivity index (χ4n) is 2.17. The molecule has 1 heterocycles. The molecule has 2 rings (SSSR count). The number of hydrogen-bond donors (Lipinski definition) is 0. The molecule has 0 amide bonds. The van der Waals surface area contributed by atoms with Crippen LogP contribution in [0.1, 0.15) is 39.0 Å². The van der Waals surface area contributed by atoms with E-state index in [-0.39, 0.29) is 7.12 Å². The van der Waals surface area contributed by atoms with Crippen LogP contribution in [-0.2, 0) is 9.31 Å². The van der Waals surface area contributed by atoms with E-state index in [1.165, 1.54) is 25.7 Å². The molecular formula is C9H17BO2. The van der Waals surface area contributed by atoms with E-state index >= 15 is 0 Å². The van der Waals surface area contributed by atoms with Crippen molar-refractivity contribution >= 4 is 7.12 Å². The van der Waals surface area contributed by atoms with Crippen LogP contribution in [0.3, 0.4) is 0 Å². The Hall–Kier alpha value is -0.0151. The van der Waals surface area contributed by atoms with E-state index < -0.39 is 0 Å². The molecule has 1 saturated heterocycles. The molecule has 1 aliphatic heterocycles. The Balaban J connectivity index is 1.85. The summed E-state index contributed by atoms with van der Waals surface area (Å²) in [7, 11) is 0.114. The first-order valence-electron chi connectivity index (χ1n) is 5.21. The molecule has 1 saturated carbocycles. The molecule has 3 heteroatoms. The van der Waals surface area contributed by atoms with Crippen LogP contribution in [0.15, 0.2) is 0 Å². The van der Waals surface area contributed by atoms with Crippen LogP contribution < -0.4 is 0 Å². The van der Waals surface area contributed by atoms with Gasteiger partial charge in [-0.05, 0) is 19.2 Å². The van der Waals surface area contributed by atoms with Crippen LogP contribution in [0.5, 0.6) is 0 Å². The van der Waals surface area contributed by atoms with Gasteiger partial charge >= 0.3 is 7.12 Å². The van der Waals surface area contributed by atoms with Crippen molar-refractivity contribution in [3.05, 3.63) is 0 Å². The second kappa shape index (κ2) is 3.80. The highest BCUT2D eigenvalue weighted by molar-refractivity contribution is 6.45. The molecule has 0 bridgehead atoms. The third-order valence-corrected chi connectivity index (χ3v) is 2.82. The first-order chi connectivity index (χ1) is 5.90. The van der Waals surface area contributed by atoms with Crippen molar-refractivity contribution in [1.82, 2.24) is 0 Å². The summed E-state index contributed by atoms with van der Waals surface area (Å²) in [4.78, 5) is 0. The molecular weight excluding hydrogens is 151 g/mol. The van der Waals surface area contributed by atoms with Gasteiger partial charge in [-0.3, -0.25) is 0 Å². The first kappa shape index (κ1) is 8.58. The van der Waals surface area contributed by atoms with Crippen molar-refractivity contribution < 1.29 is 9.31 Å². The lowest BCUT2D eigenvalue weighted by Crippen LogP contribution is -2.25. The molecule has 2 nitrogen and oxygen atoms in total. The minimum atomic E-state index is 0.114. The van der Waals surface area contributed by atoms with Gasteiger partial charge in [-0.15, -0.1) is 0 Å². The predicted octanol–water partition coefficient (Wildman–Crippen LogP) is 2.24. The minimum absolute atomic E-state index is 0.114. The number of rotatable bonds is 2. The Morgan fingerprint density at radius 1 is 1.17 bits per heavy atom. The largest absolute Gasteiger partial charge is 0.457 e. The van der Waals surface area contributed by atoms with Crippen molar-refractivity contribution in [2.24, 2.45) is 0 Å². The van der Waals surface area contributed by atoms with Crippen molar-refractivity contribution in [2.45, 2.75) is 57.6 Å². The predicted molar refractivity (Wildman–Crippen MR) is 49.1 cm³/mol. The van der Waals surface area contributed by atoms with Crippen molar-refractivity contribution in [3.63, 3.8) is 0 Å². The van der Waals surface area contributed by atoms with Crippen LogP contribution in [0.2, 0.25) is 6.32 Å². The highest BCUT2D eigenvalue weighted by Crippen LogP contribution is 2.31. The van der Waals surface area contributed by atoms with Crippen molar-refractivity contribution in [1.29, 1.82) is 0 Å². The third-order valence-electron chi connectivity index (χ3n) is 2.82. The second-order valence-electron chi connectivity index (χ2n) is 3.85. The molecule has 2 unspecified atom stereocenters. The topological polar surface area (TPSA) is 18.5 Å². The monoisotopic (exact) mass is 168 g/mol. The summed E-state index contributed by atoms with van der Waals surface area (Å²) in [6.07, 6.45) is 8.14. The summed E-state index contributed by atoms with van der Waals surface area (Å²) in [5.41, 5.74) is 0. The van der Waals surface area contributed by atoms with Gasteiger partial charge in [0.25, 0.3) is 0 Å². The maximum absolute atomic E-state index is 5.78. The van der Waals surface area contributed by atoms with E-state index in [1.807, 2.05) is 0 Å². The van der Waals surface area contributed by atoms with Gasteiger partial charge in [0, 0.05) is 0 Å². The Kier molecular flexibility index (Phi) is 2.71. The van der Waals surface area contributed by atoms with Gasteiger partial charge in [-0.25, -0.2) is 0 Å². The zero-order chi connectivity index (χ0) is 8.39. The molecule has 0 aromatic rings. The lowest BCUT2D eigenvalue weighted by atomic mass is 9.84. The molecule has 2 fully saturated rings. The normalized spacial score (nSPS) is 35.2. The zero-order valence-corrected chi connectivity index (χ0v) is 7.79. The summed E-state index contributed by atoms with van der Waals surface area (Å²) >= 11 is 0. The SMILES string of the molecule is CCCB1OC2CCCCC2O1. The fraction of sp³-hybridized carbons (Fsp3) is 1.00. The zero-order valence-electron chi connectivity index (χ0n) is 7.79. The van der Waals surface area contributed by atoms with Gasteiger partial charge in [-0.1, -0.05) is 26.2 Å². The molecule has 2 atom stereocenters. The molecule has 2 aliphatic rings. The van der Waals surface area contributed by atoms with Gasteiger partial charge in [0.1, 0.15) is 0 Å². The van der Waals surface area contributed by atoms with Gasteiger partial charge in [0.15, 0.2) is 0 Å². The van der Waals surface area contributed by atoms with Gasteiger partial charge in [-0.2, -0.15) is 0 Å². The van der Waals surface area contributed by atoms with E-state index in [0.29, 0.717) is 12.2 Å². The van der Waals surface area contributed by atoms with E-state index in [9.17, 15) is 0 Å². The Bertz CT molecular complexity index is 137. The Morgan fingerprint density at radius 3 is 2.25 bits per heavy atom. The number of fused-ring (bicyclic) bond motifs is 1. The van der Waals surface area contributed by atoms with Crippen molar-refractivity contribution in [3.8, 4) is 0 Å². The summed E-state index contributed by atoms with van der Waals surface area (Å²) in [6, 6.07) is 0. The summed E-state index contributed by atoms with van der Waals surface area (Å²) in [6.45, 7) is 2.18. The third kappa shape index (κ3) is 1.67. The van der Waals surface area contributed by atoms with E-state index in [0.717, 1.165) is 12.7 Å². The second-order valence-corrected chi connectivity index (χ2v) is 3.85. The molecule has 12 heavy (non-hydrogen) atoms. The van der Waals surface area contributed by atoms with Crippen LogP contribution in [0.4, 0.5) is 0 Å². The molecule has 0 N–H and O–H groups in total. The maximum atomic E-state index is 5.78. The lowest BCUT2D eigenvalue weighted by Gasteiger charge is -2.22. The number of hydrogen-bond acceptors (Lipinski definition) is 2. The minimum Gasteiger partial charge on any atom is -0.406 e. The molecule has 0 aromatic carbocycles. The molecule has 0 radical (unpaired) electrons. The van der Waals surface area contributed by atoms with Gasteiger partial charge in [0.2, 0.25) is 0 Å². The van der Waals surface area contributed by atoms with Crippen LogP contribution in [0, 0.1) is 0 Å². The summed E-state index contributed by atoms with van der Waals surface area (Å²) in [5, 5.41) is 0. The van der Waals surface area contributed by atoms with Crippen molar-refractivity contribution in [2.75, 3.05) is 0 Å². The smallest absolute Gasteiger partial charge is 0.406 e. The highest BCUT2D eigenvalue weighted by atomic mass is 16.7. The summed E-state index contributed by atoms with van der Waals surface area (Å²) < 4.78 is 11.6. The molecule has 68 valence electrons.